The van der Waals surface area contributed by atoms with Gasteiger partial charge in [0.25, 0.3) is 0 Å². The molecule has 0 aliphatic carbocycles. The molecule has 4 fully saturated rings. The number of cyclic esters (lactones) is 2. The van der Waals surface area contributed by atoms with Crippen molar-refractivity contribution in [2.45, 2.75) is 103 Å². The lowest BCUT2D eigenvalue weighted by atomic mass is 10.2. The van der Waals surface area contributed by atoms with Crippen LogP contribution >= 0.6 is 0 Å². The highest BCUT2D eigenvalue weighted by Crippen LogP contribution is 2.44. The highest BCUT2D eigenvalue weighted by atomic mass is 16.6. The Kier molecular flexibility index (Phi) is 6.68. The summed E-state index contributed by atoms with van der Waals surface area (Å²) in [5.41, 5.74) is 2.37. The van der Waals surface area contributed by atoms with E-state index in [4.69, 9.17) is 9.47 Å². The second-order valence-electron chi connectivity index (χ2n) is 8.06. The smallest absolute Gasteiger partial charge is 0.415 e. The third-order valence-corrected chi connectivity index (χ3v) is 5.76. The monoisotopic (exact) mass is 390 g/mol. The third-order valence-electron chi connectivity index (χ3n) is 5.76. The molecule has 6 heteroatoms. The number of fused-ring (bicyclic) bond motifs is 2. The van der Waals surface area contributed by atoms with Gasteiger partial charge in [0.15, 0.2) is 0 Å². The number of carbonyl (C=O) groups is 2. The number of unbranched alkanes of at least 4 members (excludes halogenated alkanes) is 6. The summed E-state index contributed by atoms with van der Waals surface area (Å²) in [4.78, 5) is 25.9. The summed E-state index contributed by atoms with van der Waals surface area (Å²) < 4.78 is 10.1. The Morgan fingerprint density at radius 1 is 0.750 bits per heavy atom. The van der Waals surface area contributed by atoms with Crippen LogP contribution in [0.5, 0.6) is 0 Å². The van der Waals surface area contributed by atoms with Gasteiger partial charge < -0.3 is 9.47 Å². The first-order valence-electron chi connectivity index (χ1n) is 10.9. The normalized spacial score (nSPS) is 32.0. The van der Waals surface area contributed by atoms with Crippen LogP contribution in [0.25, 0.3) is 0 Å². The molecular weight excluding hydrogens is 356 g/mol. The van der Waals surface area contributed by atoms with Crippen LogP contribution in [0.4, 0.5) is 9.59 Å². The molecule has 4 aliphatic rings. The molecule has 28 heavy (non-hydrogen) atoms. The first-order chi connectivity index (χ1) is 13.5. The summed E-state index contributed by atoms with van der Waals surface area (Å²) in [7, 11) is 0. The second-order valence-corrected chi connectivity index (χ2v) is 8.06. The zero-order valence-corrected chi connectivity index (χ0v) is 17.6. The molecule has 0 aromatic rings. The van der Waals surface area contributed by atoms with E-state index in [0.717, 1.165) is 12.8 Å². The average molecular weight is 391 g/mol. The number of allylic oxidation sites excluding steroid dienone is 2. The summed E-state index contributed by atoms with van der Waals surface area (Å²) in [6.07, 6.45) is 13.8. The number of hydrogen-bond acceptors (Lipinski definition) is 4. The Labute approximate surface area is 168 Å². The van der Waals surface area contributed by atoms with Crippen molar-refractivity contribution in [1.82, 2.24) is 9.80 Å². The van der Waals surface area contributed by atoms with Gasteiger partial charge in [0.05, 0.1) is 0 Å². The zero-order chi connectivity index (χ0) is 20.3. The van der Waals surface area contributed by atoms with Crippen molar-refractivity contribution in [2.75, 3.05) is 0 Å². The maximum Gasteiger partial charge on any atom is 0.415 e. The SMILES string of the molecule is CCCCC/C=C1/[C@@H]2[C@H](C)OC(=O)N12.CCCCC/C=C1\[C@@H]2[C@H](C)OC(=O)N12. The van der Waals surface area contributed by atoms with Gasteiger partial charge in [-0.1, -0.05) is 51.7 Å². The number of nitrogens with zero attached hydrogens (tertiary/aromatic N) is 2. The number of amides is 2. The van der Waals surface area contributed by atoms with Crippen LogP contribution in [0.3, 0.4) is 0 Å². The van der Waals surface area contributed by atoms with Crippen LogP contribution in [0, 0.1) is 0 Å². The summed E-state index contributed by atoms with van der Waals surface area (Å²) in [5.74, 6) is 0. The van der Waals surface area contributed by atoms with Crippen molar-refractivity contribution in [3.05, 3.63) is 23.5 Å². The van der Waals surface area contributed by atoms with E-state index in [1.807, 2.05) is 13.8 Å². The van der Waals surface area contributed by atoms with Crippen LogP contribution < -0.4 is 0 Å². The minimum atomic E-state index is -0.163. The highest BCUT2D eigenvalue weighted by Gasteiger charge is 2.57. The van der Waals surface area contributed by atoms with Crippen molar-refractivity contribution >= 4 is 12.2 Å². The van der Waals surface area contributed by atoms with E-state index in [1.165, 1.54) is 49.9 Å². The Hall–Kier alpha value is -1.98. The van der Waals surface area contributed by atoms with Crippen LogP contribution in [-0.4, -0.2) is 46.3 Å². The Bertz CT molecular complexity index is 601. The van der Waals surface area contributed by atoms with E-state index in [2.05, 4.69) is 26.0 Å². The van der Waals surface area contributed by atoms with Crippen LogP contribution in [0.15, 0.2) is 23.5 Å². The maximum absolute atomic E-state index is 11.2. The largest absolute Gasteiger partial charge is 0.443 e. The van der Waals surface area contributed by atoms with Crippen molar-refractivity contribution in [2.24, 2.45) is 0 Å². The number of carbonyl (C=O) groups excluding carboxylic acids is 2. The molecule has 4 aliphatic heterocycles. The molecule has 156 valence electrons. The van der Waals surface area contributed by atoms with Gasteiger partial charge in [0, 0.05) is 11.4 Å². The average Bonchev–Trinajstić information content (AvgIpc) is 3.50. The summed E-state index contributed by atoms with van der Waals surface area (Å²) in [6.45, 7) is 8.30. The van der Waals surface area contributed by atoms with E-state index in [-0.39, 0.29) is 36.5 Å². The molecule has 4 atom stereocenters. The summed E-state index contributed by atoms with van der Waals surface area (Å²) in [5, 5.41) is 0. The molecular formula is C22H34N2O4. The molecule has 0 unspecified atom stereocenters. The Morgan fingerprint density at radius 3 is 1.43 bits per heavy atom. The van der Waals surface area contributed by atoms with E-state index >= 15 is 0 Å². The molecule has 4 heterocycles. The first kappa shape index (κ1) is 20.7. The van der Waals surface area contributed by atoms with Crippen LogP contribution in [0.1, 0.15) is 79.1 Å². The van der Waals surface area contributed by atoms with E-state index in [9.17, 15) is 9.59 Å². The predicted molar refractivity (Wildman–Crippen MR) is 108 cm³/mol. The topological polar surface area (TPSA) is 58.6 Å². The Balaban J connectivity index is 0.000000161. The molecule has 0 aromatic carbocycles. The summed E-state index contributed by atoms with van der Waals surface area (Å²) in [6, 6.07) is 0.535. The van der Waals surface area contributed by atoms with Gasteiger partial charge in [-0.3, -0.25) is 9.80 Å². The maximum atomic E-state index is 11.2. The fourth-order valence-corrected chi connectivity index (χ4v) is 4.08. The fraction of sp³-hybridized carbons (Fsp3) is 0.727. The fourth-order valence-electron chi connectivity index (χ4n) is 4.08. The number of ether oxygens (including phenoxy) is 2. The molecule has 6 nitrogen and oxygen atoms in total. The van der Waals surface area contributed by atoms with Crippen LogP contribution in [0.2, 0.25) is 0 Å². The molecule has 4 rings (SSSR count). The minimum absolute atomic E-state index is 0.0555. The molecule has 0 radical (unpaired) electrons. The van der Waals surface area contributed by atoms with Gasteiger partial charge in [0.2, 0.25) is 0 Å². The molecule has 0 spiro atoms. The van der Waals surface area contributed by atoms with Gasteiger partial charge in [-0.2, -0.15) is 0 Å². The van der Waals surface area contributed by atoms with Gasteiger partial charge in [-0.25, -0.2) is 9.59 Å². The molecule has 4 saturated heterocycles. The number of hydrogen-bond donors (Lipinski definition) is 0. The Morgan fingerprint density at radius 2 is 1.14 bits per heavy atom. The lowest BCUT2D eigenvalue weighted by molar-refractivity contribution is 0.133. The number of rotatable bonds is 8. The van der Waals surface area contributed by atoms with E-state index < -0.39 is 0 Å². The molecule has 0 saturated carbocycles. The van der Waals surface area contributed by atoms with Crippen molar-refractivity contribution in [3.8, 4) is 0 Å². The predicted octanol–water partition coefficient (Wildman–Crippen LogP) is 5.35. The first-order valence-corrected chi connectivity index (χ1v) is 10.9. The summed E-state index contributed by atoms with van der Waals surface area (Å²) >= 11 is 0. The standard InChI is InChI=1S/2C11H17NO2/c2*1-3-4-5-6-7-9-10-8(2)14-11(13)12(9)10/h2*7-8,10H,3-6H2,1-2H3/b9-7+;9-7-/t2*8-,10-,12?/m00/s1. The lowest BCUT2D eigenvalue weighted by Gasteiger charge is -2.02. The lowest BCUT2D eigenvalue weighted by Crippen LogP contribution is -2.10. The van der Waals surface area contributed by atoms with Crippen molar-refractivity contribution < 1.29 is 19.1 Å². The zero-order valence-electron chi connectivity index (χ0n) is 17.6. The third kappa shape index (κ3) is 4.36. The van der Waals surface area contributed by atoms with Gasteiger partial charge >= 0.3 is 12.2 Å². The van der Waals surface area contributed by atoms with E-state index in [0.29, 0.717) is 0 Å². The van der Waals surface area contributed by atoms with Crippen molar-refractivity contribution in [1.29, 1.82) is 0 Å². The highest BCUT2D eigenvalue weighted by molar-refractivity contribution is 5.80. The molecule has 0 N–H and O–H groups in total. The molecule has 2 amide bonds. The van der Waals surface area contributed by atoms with Crippen molar-refractivity contribution in [3.63, 3.8) is 0 Å². The quantitative estimate of drug-likeness (QED) is 0.414. The minimum Gasteiger partial charge on any atom is -0.443 e. The van der Waals surface area contributed by atoms with Gasteiger partial charge in [-0.15, -0.1) is 0 Å². The van der Waals surface area contributed by atoms with E-state index in [1.54, 1.807) is 9.80 Å². The van der Waals surface area contributed by atoms with Gasteiger partial charge in [-0.05, 0) is 39.5 Å². The molecule has 0 aromatic heterocycles. The van der Waals surface area contributed by atoms with Crippen LogP contribution in [-0.2, 0) is 9.47 Å². The molecule has 0 bridgehead atoms. The van der Waals surface area contributed by atoms with Gasteiger partial charge in [0.1, 0.15) is 24.3 Å². The second kappa shape index (κ2) is 9.01.